The monoisotopic (exact) mass is 349 g/mol. The van der Waals surface area contributed by atoms with E-state index in [1.54, 1.807) is 11.3 Å². The molecular formula is C18H31N5S. The molecule has 0 radical (unpaired) electrons. The van der Waals surface area contributed by atoms with Gasteiger partial charge in [-0.05, 0) is 40.0 Å². The number of likely N-dealkylation sites (tertiary alicyclic amines) is 1. The maximum atomic E-state index is 4.75. The second-order valence-corrected chi connectivity index (χ2v) is 8.30. The zero-order chi connectivity index (χ0) is 16.9. The predicted octanol–water partition coefficient (Wildman–Crippen LogP) is 2.83. The van der Waals surface area contributed by atoms with Gasteiger partial charge in [0.1, 0.15) is 5.01 Å². The van der Waals surface area contributed by atoms with Crippen molar-refractivity contribution >= 4 is 17.3 Å². The summed E-state index contributed by atoms with van der Waals surface area (Å²) >= 11 is 1.75. The first-order chi connectivity index (χ1) is 11.7. The van der Waals surface area contributed by atoms with E-state index in [9.17, 15) is 0 Å². The van der Waals surface area contributed by atoms with Gasteiger partial charge in [0.15, 0.2) is 5.96 Å². The number of thiazole rings is 1. The van der Waals surface area contributed by atoms with Crippen molar-refractivity contribution in [3.8, 4) is 0 Å². The summed E-state index contributed by atoms with van der Waals surface area (Å²) in [5.41, 5.74) is 1.13. The van der Waals surface area contributed by atoms with Crippen molar-refractivity contribution in [1.29, 1.82) is 0 Å². The maximum absolute atomic E-state index is 4.75. The molecule has 24 heavy (non-hydrogen) atoms. The summed E-state index contributed by atoms with van der Waals surface area (Å²) in [5, 5.41) is 8.12. The molecule has 5 nitrogen and oxygen atoms in total. The Kier molecular flexibility index (Phi) is 6.11. The standard InChI is InChI=1S/C18H31N5S/c1-4-19-18(20-11-17-21-13(2)14(3)24-17)22-15-9-10-23(12-15)16-7-5-6-8-16/h15-16H,4-12H2,1-3H3,(H2,19,20,22). The lowest BCUT2D eigenvalue weighted by atomic mass is 10.2. The lowest BCUT2D eigenvalue weighted by molar-refractivity contribution is 0.242. The summed E-state index contributed by atoms with van der Waals surface area (Å²) in [5.74, 6) is 0.932. The Labute approximate surface area is 150 Å². The highest BCUT2D eigenvalue weighted by atomic mass is 32.1. The summed E-state index contributed by atoms with van der Waals surface area (Å²) in [6.45, 7) is 10.2. The topological polar surface area (TPSA) is 52.6 Å². The van der Waals surface area contributed by atoms with Gasteiger partial charge in [0, 0.05) is 36.6 Å². The van der Waals surface area contributed by atoms with Crippen molar-refractivity contribution in [3.05, 3.63) is 15.6 Å². The van der Waals surface area contributed by atoms with E-state index in [1.165, 1.54) is 43.5 Å². The first-order valence-electron chi connectivity index (χ1n) is 9.37. The van der Waals surface area contributed by atoms with Crippen LogP contribution in [-0.4, -0.2) is 47.6 Å². The van der Waals surface area contributed by atoms with Crippen molar-refractivity contribution < 1.29 is 0 Å². The second-order valence-electron chi connectivity index (χ2n) is 7.01. The Morgan fingerprint density at radius 3 is 2.75 bits per heavy atom. The van der Waals surface area contributed by atoms with Crippen LogP contribution in [0.15, 0.2) is 4.99 Å². The van der Waals surface area contributed by atoms with Crippen LogP contribution in [0.1, 0.15) is 54.6 Å². The van der Waals surface area contributed by atoms with E-state index >= 15 is 0 Å². The molecule has 134 valence electrons. The molecule has 0 aromatic carbocycles. The fourth-order valence-electron chi connectivity index (χ4n) is 3.77. The third-order valence-electron chi connectivity index (χ3n) is 5.19. The molecule has 1 atom stereocenters. The molecular weight excluding hydrogens is 318 g/mol. The normalized spacial score (nSPS) is 23.1. The Morgan fingerprint density at radius 2 is 2.08 bits per heavy atom. The van der Waals surface area contributed by atoms with Gasteiger partial charge in [-0.2, -0.15) is 0 Å². The number of nitrogens with zero attached hydrogens (tertiary/aromatic N) is 3. The third kappa shape index (κ3) is 4.48. The molecule has 2 heterocycles. The van der Waals surface area contributed by atoms with Crippen molar-refractivity contribution in [1.82, 2.24) is 20.5 Å². The number of hydrogen-bond acceptors (Lipinski definition) is 4. The van der Waals surface area contributed by atoms with Crippen LogP contribution in [0, 0.1) is 13.8 Å². The second kappa shape index (κ2) is 8.30. The Hall–Kier alpha value is -1.14. The fraction of sp³-hybridized carbons (Fsp3) is 0.778. The molecule has 0 spiro atoms. The van der Waals surface area contributed by atoms with Gasteiger partial charge < -0.3 is 10.6 Å². The summed E-state index contributed by atoms with van der Waals surface area (Å²) < 4.78 is 0. The number of guanidine groups is 1. The molecule has 1 unspecified atom stereocenters. The smallest absolute Gasteiger partial charge is 0.191 e. The zero-order valence-corrected chi connectivity index (χ0v) is 16.1. The van der Waals surface area contributed by atoms with Crippen LogP contribution >= 0.6 is 11.3 Å². The van der Waals surface area contributed by atoms with Crippen molar-refractivity contribution in [2.45, 2.75) is 71.5 Å². The molecule has 2 fully saturated rings. The quantitative estimate of drug-likeness (QED) is 0.634. The van der Waals surface area contributed by atoms with Gasteiger partial charge in [-0.25, -0.2) is 9.98 Å². The van der Waals surface area contributed by atoms with Gasteiger partial charge in [-0.3, -0.25) is 4.90 Å². The van der Waals surface area contributed by atoms with Crippen LogP contribution in [-0.2, 0) is 6.54 Å². The number of nitrogens with one attached hydrogen (secondary N) is 2. The molecule has 1 saturated heterocycles. The van der Waals surface area contributed by atoms with Crippen LogP contribution < -0.4 is 10.6 Å². The molecule has 1 aliphatic heterocycles. The largest absolute Gasteiger partial charge is 0.357 e. The fourth-order valence-corrected chi connectivity index (χ4v) is 4.63. The highest BCUT2D eigenvalue weighted by Gasteiger charge is 2.30. The Bertz CT molecular complexity index is 542. The van der Waals surface area contributed by atoms with Crippen LogP contribution in [0.3, 0.4) is 0 Å². The van der Waals surface area contributed by atoms with Gasteiger partial charge in [-0.1, -0.05) is 12.8 Å². The minimum absolute atomic E-state index is 0.517. The van der Waals surface area contributed by atoms with E-state index in [1.807, 2.05) is 0 Å². The summed E-state index contributed by atoms with van der Waals surface area (Å²) in [7, 11) is 0. The van der Waals surface area contributed by atoms with Gasteiger partial charge in [0.25, 0.3) is 0 Å². The molecule has 1 aliphatic carbocycles. The summed E-state index contributed by atoms with van der Waals surface area (Å²) in [6.07, 6.45) is 6.83. The molecule has 0 amide bonds. The highest BCUT2D eigenvalue weighted by molar-refractivity contribution is 7.11. The summed E-state index contributed by atoms with van der Waals surface area (Å²) in [4.78, 5) is 13.3. The van der Waals surface area contributed by atoms with Crippen molar-refractivity contribution in [2.24, 2.45) is 4.99 Å². The molecule has 2 N–H and O–H groups in total. The number of rotatable bonds is 5. The van der Waals surface area contributed by atoms with Gasteiger partial charge in [0.05, 0.1) is 12.2 Å². The average molecular weight is 350 g/mol. The van der Waals surface area contributed by atoms with E-state index in [4.69, 9.17) is 4.99 Å². The van der Waals surface area contributed by atoms with Gasteiger partial charge >= 0.3 is 0 Å². The van der Waals surface area contributed by atoms with E-state index in [0.29, 0.717) is 12.6 Å². The number of aliphatic imine (C=N–C) groups is 1. The molecule has 1 aromatic heterocycles. The minimum atomic E-state index is 0.517. The Morgan fingerprint density at radius 1 is 1.29 bits per heavy atom. The van der Waals surface area contributed by atoms with Crippen LogP contribution in [0.5, 0.6) is 0 Å². The first kappa shape index (κ1) is 17.7. The van der Waals surface area contributed by atoms with Gasteiger partial charge in [0.2, 0.25) is 0 Å². The number of hydrogen-bond donors (Lipinski definition) is 2. The average Bonchev–Trinajstić information content (AvgIpc) is 3.28. The molecule has 6 heteroatoms. The minimum Gasteiger partial charge on any atom is -0.357 e. The molecule has 3 rings (SSSR count). The Balaban J connectivity index is 1.54. The summed E-state index contributed by atoms with van der Waals surface area (Å²) in [6, 6.07) is 1.35. The third-order valence-corrected chi connectivity index (χ3v) is 6.25. The number of aryl methyl sites for hydroxylation is 2. The van der Waals surface area contributed by atoms with Crippen molar-refractivity contribution in [2.75, 3.05) is 19.6 Å². The SMILES string of the molecule is CCNC(=NCc1nc(C)c(C)s1)NC1CCN(C2CCCC2)C1. The van der Waals surface area contributed by atoms with E-state index in [2.05, 4.69) is 41.3 Å². The maximum Gasteiger partial charge on any atom is 0.191 e. The molecule has 1 saturated carbocycles. The van der Waals surface area contributed by atoms with Crippen LogP contribution in [0.25, 0.3) is 0 Å². The molecule has 0 bridgehead atoms. The first-order valence-corrected chi connectivity index (χ1v) is 10.2. The van der Waals surface area contributed by atoms with E-state index < -0.39 is 0 Å². The molecule has 2 aliphatic rings. The lowest BCUT2D eigenvalue weighted by Crippen LogP contribution is -2.45. The van der Waals surface area contributed by atoms with E-state index in [0.717, 1.165) is 35.8 Å². The van der Waals surface area contributed by atoms with Gasteiger partial charge in [-0.15, -0.1) is 11.3 Å². The lowest BCUT2D eigenvalue weighted by Gasteiger charge is -2.24. The zero-order valence-electron chi connectivity index (χ0n) is 15.3. The number of aromatic nitrogens is 1. The van der Waals surface area contributed by atoms with Crippen molar-refractivity contribution in [3.63, 3.8) is 0 Å². The molecule has 1 aromatic rings. The predicted molar refractivity (Wildman–Crippen MR) is 102 cm³/mol. The highest BCUT2D eigenvalue weighted by Crippen LogP contribution is 2.26. The van der Waals surface area contributed by atoms with Crippen LogP contribution in [0.2, 0.25) is 0 Å². The van der Waals surface area contributed by atoms with E-state index in [-0.39, 0.29) is 0 Å². The van der Waals surface area contributed by atoms with Crippen LogP contribution in [0.4, 0.5) is 0 Å².